The number of ether oxygens (including phenoxy) is 2. The van der Waals surface area contributed by atoms with Gasteiger partial charge in [-0.1, -0.05) is 143 Å². The van der Waals surface area contributed by atoms with Gasteiger partial charge in [0.05, 0.1) is 53.3 Å². The number of carbonyl (C=O) groups is 3. The smallest absolute Gasteiger partial charge is 0.310 e. The van der Waals surface area contributed by atoms with E-state index in [0.717, 1.165) is 126 Å². The highest BCUT2D eigenvalue weighted by atomic mass is 16.5. The second kappa shape index (κ2) is 29.0. The first-order valence-electron chi connectivity index (χ1n) is 30.4. The number of fused-ring (bicyclic) bond motifs is 5. The van der Waals surface area contributed by atoms with Crippen molar-refractivity contribution in [3.05, 3.63) is 116 Å². The quantitative estimate of drug-likeness (QED) is 0.0610. The van der Waals surface area contributed by atoms with Crippen LogP contribution in [0.1, 0.15) is 210 Å². The van der Waals surface area contributed by atoms with Gasteiger partial charge in [0.15, 0.2) is 0 Å². The van der Waals surface area contributed by atoms with E-state index in [0.29, 0.717) is 52.9 Å². The van der Waals surface area contributed by atoms with Crippen LogP contribution in [0.3, 0.4) is 0 Å². The Kier molecular flexibility index (Phi) is 22.4. The Morgan fingerprint density at radius 3 is 2.10 bits per heavy atom. The number of rotatable bonds is 25. The van der Waals surface area contributed by atoms with Crippen molar-refractivity contribution in [3.63, 3.8) is 0 Å². The van der Waals surface area contributed by atoms with Crippen LogP contribution in [0.4, 0.5) is 0 Å². The molecule has 5 heterocycles. The predicted octanol–water partition coefficient (Wildman–Crippen LogP) is 15.1. The summed E-state index contributed by atoms with van der Waals surface area (Å²) in [5, 5.41) is 11.0. The number of nitrogens with zero attached hydrogens (tertiary/aromatic N) is 3. The summed E-state index contributed by atoms with van der Waals surface area (Å²) in [6, 6.07) is 0.436. The first-order valence-corrected chi connectivity index (χ1v) is 30.4. The van der Waals surface area contributed by atoms with Gasteiger partial charge in [0.1, 0.15) is 6.61 Å². The lowest BCUT2D eigenvalue weighted by atomic mass is 9.84. The molecule has 3 N–H and O–H groups in total. The molecule has 3 fully saturated rings. The number of allylic oxidation sites excluding steroid dienone is 11. The van der Waals surface area contributed by atoms with Crippen molar-refractivity contribution in [2.24, 2.45) is 44.6 Å². The van der Waals surface area contributed by atoms with Gasteiger partial charge in [-0.05, 0) is 131 Å². The maximum atomic E-state index is 14.9. The number of carbonyl (C=O) groups excluding carboxylic acids is 3. The molecule has 7 aliphatic rings. The summed E-state index contributed by atoms with van der Waals surface area (Å²) < 4.78 is 11.3. The monoisotopic (exact) mass is 1060 g/mol. The van der Waals surface area contributed by atoms with Crippen LogP contribution in [0.25, 0.3) is 0 Å². The molecule has 0 radical (unpaired) electrons. The number of esters is 2. The Morgan fingerprint density at radius 2 is 1.45 bits per heavy atom. The molecule has 424 valence electrons. The third kappa shape index (κ3) is 15.8. The van der Waals surface area contributed by atoms with E-state index in [1.54, 1.807) is 0 Å². The molecule has 11 heteroatoms. The van der Waals surface area contributed by atoms with Crippen LogP contribution in [-0.2, 0) is 23.9 Å². The Morgan fingerprint density at radius 1 is 0.782 bits per heavy atom. The van der Waals surface area contributed by atoms with Crippen molar-refractivity contribution in [2.45, 2.75) is 222 Å². The van der Waals surface area contributed by atoms with Gasteiger partial charge in [0.25, 0.3) is 5.91 Å². The van der Waals surface area contributed by atoms with Crippen molar-refractivity contribution in [1.29, 1.82) is 0 Å². The molecule has 0 aromatic carbocycles. The SMILES string of the molecule is C=CC1=C(C)C2=NC1=CC1=NC(=C(CC)/C1=C\NC1CCCCC1)C=C1N=C(C(CC(=O)OC)=C3NC(=C2)C(C)C3CCC(=O)OCC=C(C)CCCC(C)CCCC(C)CCCC(C)C)C(C(=O)NC2CCCCC2)=C1C. The van der Waals surface area contributed by atoms with Gasteiger partial charge in [0.2, 0.25) is 0 Å². The zero-order valence-corrected chi connectivity index (χ0v) is 49.6. The zero-order valence-electron chi connectivity index (χ0n) is 49.6. The molecule has 7 rings (SSSR count). The van der Waals surface area contributed by atoms with Gasteiger partial charge >= 0.3 is 11.9 Å². The van der Waals surface area contributed by atoms with E-state index in [1.807, 2.05) is 19.1 Å². The van der Waals surface area contributed by atoms with Crippen molar-refractivity contribution in [1.82, 2.24) is 16.0 Å². The summed E-state index contributed by atoms with van der Waals surface area (Å²) in [4.78, 5) is 58.5. The van der Waals surface area contributed by atoms with Crippen LogP contribution in [0.5, 0.6) is 0 Å². The topological polar surface area (TPSA) is 143 Å². The average molecular weight is 1070 g/mol. The maximum Gasteiger partial charge on any atom is 0.310 e. The molecule has 4 atom stereocenters. The van der Waals surface area contributed by atoms with Crippen molar-refractivity contribution >= 4 is 35.0 Å². The van der Waals surface area contributed by atoms with Crippen LogP contribution in [0.15, 0.2) is 131 Å². The molecule has 1 saturated heterocycles. The highest BCUT2D eigenvalue weighted by molar-refractivity contribution is 6.31. The van der Waals surface area contributed by atoms with Crippen LogP contribution in [0, 0.1) is 29.6 Å². The van der Waals surface area contributed by atoms with E-state index >= 15 is 0 Å². The molecule has 5 aliphatic heterocycles. The number of aliphatic imine (C=N–C) groups is 3. The summed E-state index contributed by atoms with van der Waals surface area (Å²) in [5.41, 5.74) is 12.8. The fourth-order valence-corrected chi connectivity index (χ4v) is 12.7. The Bertz CT molecular complexity index is 2630. The third-order valence-electron chi connectivity index (χ3n) is 17.7. The lowest BCUT2D eigenvalue weighted by Crippen LogP contribution is -2.39. The fourth-order valence-electron chi connectivity index (χ4n) is 12.7. The van der Waals surface area contributed by atoms with E-state index < -0.39 is 5.97 Å². The molecule has 0 aromatic rings. The number of methoxy groups -OCH3 is 1. The second-order valence-electron chi connectivity index (χ2n) is 24.2. The summed E-state index contributed by atoms with van der Waals surface area (Å²) in [5.74, 6) is 0.954. The fraction of sp³-hybridized carbons (Fsp3) is 0.612. The summed E-state index contributed by atoms with van der Waals surface area (Å²) in [6.45, 7) is 24.4. The summed E-state index contributed by atoms with van der Waals surface area (Å²) in [7, 11) is 1.39. The molecule has 8 bridgehead atoms. The molecule has 2 saturated carbocycles. The Labute approximate surface area is 469 Å². The number of hydrogen-bond acceptors (Lipinski definition) is 10. The van der Waals surface area contributed by atoms with Gasteiger partial charge in [-0.25, -0.2) is 15.0 Å². The van der Waals surface area contributed by atoms with Gasteiger partial charge in [-0.2, -0.15) is 0 Å². The van der Waals surface area contributed by atoms with Crippen molar-refractivity contribution in [2.75, 3.05) is 13.7 Å². The number of hydrogen-bond donors (Lipinski definition) is 3. The van der Waals surface area contributed by atoms with Gasteiger partial charge in [0, 0.05) is 64.7 Å². The summed E-state index contributed by atoms with van der Waals surface area (Å²) >= 11 is 0. The Hall–Kier alpha value is -5.58. The molecule has 78 heavy (non-hydrogen) atoms. The lowest BCUT2D eigenvalue weighted by molar-refractivity contribution is -0.143. The Balaban J connectivity index is 1.19. The minimum Gasteiger partial charge on any atom is -0.469 e. The number of amides is 1. The highest BCUT2D eigenvalue weighted by Gasteiger charge is 2.40. The molecule has 1 amide bonds. The minimum absolute atomic E-state index is 0.0408. The van der Waals surface area contributed by atoms with E-state index in [2.05, 4.69) is 102 Å². The van der Waals surface area contributed by atoms with Gasteiger partial charge in [-0.3, -0.25) is 14.4 Å². The highest BCUT2D eigenvalue weighted by Crippen LogP contribution is 2.43. The lowest BCUT2D eigenvalue weighted by Gasteiger charge is -2.24. The molecular weight excluding hydrogens is 969 g/mol. The molecule has 0 aromatic heterocycles. The first kappa shape index (κ1) is 60.1. The maximum absolute atomic E-state index is 14.9. The van der Waals surface area contributed by atoms with Gasteiger partial charge < -0.3 is 25.4 Å². The normalized spacial score (nSPS) is 22.5. The van der Waals surface area contributed by atoms with Crippen LogP contribution >= 0.6 is 0 Å². The predicted molar refractivity (Wildman–Crippen MR) is 321 cm³/mol. The molecule has 11 nitrogen and oxygen atoms in total. The molecule has 0 spiro atoms. The second-order valence-corrected chi connectivity index (χ2v) is 24.2. The van der Waals surface area contributed by atoms with Crippen molar-refractivity contribution in [3.8, 4) is 0 Å². The minimum atomic E-state index is -0.457. The largest absolute Gasteiger partial charge is 0.469 e. The average Bonchev–Trinajstić information content (AvgIpc) is 4.20. The van der Waals surface area contributed by atoms with E-state index in [1.165, 1.54) is 76.9 Å². The van der Waals surface area contributed by atoms with E-state index in [4.69, 9.17) is 24.5 Å². The summed E-state index contributed by atoms with van der Waals surface area (Å²) in [6.07, 6.45) is 35.8. The van der Waals surface area contributed by atoms with Gasteiger partial charge in [-0.15, -0.1) is 0 Å². The zero-order chi connectivity index (χ0) is 55.9. The van der Waals surface area contributed by atoms with Crippen LogP contribution < -0.4 is 16.0 Å². The molecular formula is C67H96N6O5. The van der Waals surface area contributed by atoms with Crippen LogP contribution in [-0.4, -0.2) is 60.8 Å². The molecule has 4 unspecified atom stereocenters. The number of nitrogens with one attached hydrogen (secondary N) is 3. The van der Waals surface area contributed by atoms with E-state index in [-0.39, 0.29) is 49.2 Å². The van der Waals surface area contributed by atoms with E-state index in [9.17, 15) is 14.4 Å². The first-order chi connectivity index (χ1) is 37.6. The molecule has 2 aliphatic carbocycles. The third-order valence-corrected chi connectivity index (χ3v) is 17.7. The van der Waals surface area contributed by atoms with Crippen LogP contribution in [0.2, 0.25) is 0 Å². The standard InChI is InChI=1S/C67H96N6O5/c1-12-51-46(8)56-38-57-47(9)53(33-34-62(74)78-36-35-45(7)28-22-27-44(6)26-21-25-43(5)24-20-23-42(3)4)65(72-57)54(37-63(75)77-11)66-64(67(76)69-50-31-18-15-19-32-50)48(10)58(73-66)39-60-52(13-2)55(61(71-60)40-59(51)70-56)41-68-49-29-16-14-17-30-49/h12,35,38-44,47,49-50,53,68,72H,1,13-34,36-37H2,2-11H3,(H,69,76)/b45-35?,55-41+,57-38?,58-39?,59-40?,65-54?. The van der Waals surface area contributed by atoms with Crippen molar-refractivity contribution < 1.29 is 23.9 Å².